The number of aliphatic hydroxyl groups excluding tert-OH is 1. The summed E-state index contributed by atoms with van der Waals surface area (Å²) in [5.41, 5.74) is 5.40. The van der Waals surface area contributed by atoms with Crippen LogP contribution in [-0.4, -0.2) is 68.8 Å². The Kier molecular flexibility index (Phi) is 6.09. The van der Waals surface area contributed by atoms with Gasteiger partial charge < -0.3 is 15.3 Å². The van der Waals surface area contributed by atoms with Crippen LogP contribution in [0, 0.1) is 0 Å². The summed E-state index contributed by atoms with van der Waals surface area (Å²) in [5, 5.41) is 18.0. The van der Waals surface area contributed by atoms with E-state index in [9.17, 15) is 14.7 Å². The van der Waals surface area contributed by atoms with Crippen LogP contribution in [0.5, 0.6) is 0 Å². The van der Waals surface area contributed by atoms with Crippen molar-refractivity contribution in [3.8, 4) is 0 Å². The molecule has 0 bridgehead atoms. The van der Waals surface area contributed by atoms with Gasteiger partial charge in [0.05, 0.1) is 17.9 Å². The third kappa shape index (κ3) is 4.55. The number of fused-ring (bicyclic) bond motifs is 3. The summed E-state index contributed by atoms with van der Waals surface area (Å²) in [4.78, 5) is 30.4. The van der Waals surface area contributed by atoms with E-state index in [0.29, 0.717) is 36.4 Å². The molecule has 8 nitrogen and oxygen atoms in total. The van der Waals surface area contributed by atoms with E-state index in [0.717, 1.165) is 44.3 Å². The van der Waals surface area contributed by atoms with Crippen LogP contribution >= 0.6 is 0 Å². The summed E-state index contributed by atoms with van der Waals surface area (Å²) in [6.07, 6.45) is 6.74. The Balaban J connectivity index is 1.17. The third-order valence-electron chi connectivity index (χ3n) is 8.25. The number of benzene rings is 2. The molecule has 192 valence electrons. The molecular weight excluding hydrogens is 466 g/mol. The molecule has 0 radical (unpaired) electrons. The van der Waals surface area contributed by atoms with Crippen LogP contribution in [0.15, 0.2) is 54.9 Å². The van der Waals surface area contributed by atoms with Crippen LogP contribution in [0.4, 0.5) is 5.69 Å². The minimum atomic E-state index is -0.624. The number of aryl methyl sites for hydroxylation is 1. The highest BCUT2D eigenvalue weighted by atomic mass is 16.3. The number of β-amino-alcohol motifs (C(OH)–C–C–N with tert-alkyl or cyclic N) is 1. The first-order valence-electron chi connectivity index (χ1n) is 13.1. The molecule has 1 atom stereocenters. The molecule has 3 heterocycles. The summed E-state index contributed by atoms with van der Waals surface area (Å²) in [6.45, 7) is 3.23. The van der Waals surface area contributed by atoms with E-state index in [1.807, 2.05) is 17.0 Å². The minimum absolute atomic E-state index is 0.0566. The fraction of sp³-hybridized carbons (Fsp3) is 0.414. The molecule has 2 aliphatic heterocycles. The quantitative estimate of drug-likeness (QED) is 0.544. The van der Waals surface area contributed by atoms with E-state index < -0.39 is 6.10 Å². The van der Waals surface area contributed by atoms with Gasteiger partial charge in [0, 0.05) is 62.6 Å². The number of amides is 2. The van der Waals surface area contributed by atoms with Crippen molar-refractivity contribution in [1.82, 2.24) is 19.6 Å². The Morgan fingerprint density at radius 1 is 1.16 bits per heavy atom. The maximum atomic E-state index is 13.6. The van der Waals surface area contributed by atoms with Crippen molar-refractivity contribution < 1.29 is 14.7 Å². The molecule has 8 heteroatoms. The molecule has 2 N–H and O–H groups in total. The van der Waals surface area contributed by atoms with Gasteiger partial charge in [-0.05, 0) is 48.1 Å². The SMILES string of the molecule is Cn1cc(C(=O)Nc2ccc3c(c2)C(=O)N(CC(O)CN2CCc4ccccc4C2)CC32CCC2)cn1. The van der Waals surface area contributed by atoms with Crippen LogP contribution in [0.25, 0.3) is 0 Å². The number of nitrogens with zero attached hydrogens (tertiary/aromatic N) is 4. The molecule has 1 unspecified atom stereocenters. The van der Waals surface area contributed by atoms with Gasteiger partial charge in [-0.2, -0.15) is 5.10 Å². The first-order chi connectivity index (χ1) is 17.9. The predicted octanol–water partition coefficient (Wildman–Crippen LogP) is 2.97. The smallest absolute Gasteiger partial charge is 0.258 e. The highest BCUT2D eigenvalue weighted by Gasteiger charge is 2.47. The lowest BCUT2D eigenvalue weighted by Crippen LogP contribution is -2.55. The van der Waals surface area contributed by atoms with Gasteiger partial charge in [0.1, 0.15) is 0 Å². The Labute approximate surface area is 216 Å². The number of carbonyl (C=O) groups excluding carboxylic acids is 2. The topological polar surface area (TPSA) is 90.7 Å². The predicted molar refractivity (Wildman–Crippen MR) is 140 cm³/mol. The monoisotopic (exact) mass is 499 g/mol. The second-order valence-corrected chi connectivity index (χ2v) is 10.8. The number of aliphatic hydroxyl groups is 1. The first kappa shape index (κ1) is 23.9. The van der Waals surface area contributed by atoms with Gasteiger partial charge in [0.25, 0.3) is 11.8 Å². The van der Waals surface area contributed by atoms with E-state index in [-0.39, 0.29) is 17.2 Å². The highest BCUT2D eigenvalue weighted by molar-refractivity contribution is 6.05. The lowest BCUT2D eigenvalue weighted by atomic mass is 9.61. The fourth-order valence-electron chi connectivity index (χ4n) is 6.19. The molecule has 1 spiro atoms. The van der Waals surface area contributed by atoms with Crippen molar-refractivity contribution in [3.63, 3.8) is 0 Å². The Hall–Kier alpha value is -3.49. The van der Waals surface area contributed by atoms with Gasteiger partial charge in [-0.15, -0.1) is 0 Å². The van der Waals surface area contributed by atoms with Gasteiger partial charge >= 0.3 is 0 Å². The fourth-order valence-corrected chi connectivity index (χ4v) is 6.19. The summed E-state index contributed by atoms with van der Waals surface area (Å²) in [6, 6.07) is 14.2. The molecule has 3 aliphatic rings. The van der Waals surface area contributed by atoms with Crippen molar-refractivity contribution in [2.75, 3.05) is 31.5 Å². The van der Waals surface area contributed by atoms with Gasteiger partial charge in [0.15, 0.2) is 0 Å². The molecule has 0 saturated heterocycles. The molecular formula is C29H33N5O3. The van der Waals surface area contributed by atoms with Crippen molar-refractivity contribution in [2.24, 2.45) is 7.05 Å². The average Bonchev–Trinajstić information content (AvgIpc) is 3.31. The summed E-state index contributed by atoms with van der Waals surface area (Å²) >= 11 is 0. The number of nitrogens with one attached hydrogen (secondary N) is 1. The average molecular weight is 500 g/mol. The zero-order valence-electron chi connectivity index (χ0n) is 21.2. The molecule has 2 amide bonds. The second-order valence-electron chi connectivity index (χ2n) is 10.8. The summed E-state index contributed by atoms with van der Waals surface area (Å²) in [5.74, 6) is -0.335. The van der Waals surface area contributed by atoms with E-state index in [2.05, 4.69) is 39.6 Å². The molecule has 1 aromatic heterocycles. The van der Waals surface area contributed by atoms with Gasteiger partial charge in [0.2, 0.25) is 0 Å². The van der Waals surface area contributed by atoms with Crippen molar-refractivity contribution in [1.29, 1.82) is 0 Å². The first-order valence-corrected chi connectivity index (χ1v) is 13.1. The van der Waals surface area contributed by atoms with Crippen molar-refractivity contribution in [3.05, 3.63) is 82.7 Å². The molecule has 1 saturated carbocycles. The van der Waals surface area contributed by atoms with Crippen LogP contribution in [0.1, 0.15) is 56.7 Å². The van der Waals surface area contributed by atoms with E-state index >= 15 is 0 Å². The van der Waals surface area contributed by atoms with E-state index in [1.165, 1.54) is 17.3 Å². The third-order valence-corrected chi connectivity index (χ3v) is 8.25. The number of rotatable bonds is 6. The molecule has 3 aromatic rings. The number of hydrogen-bond donors (Lipinski definition) is 2. The maximum Gasteiger partial charge on any atom is 0.258 e. The highest BCUT2D eigenvalue weighted by Crippen LogP contribution is 2.48. The number of aromatic nitrogens is 2. The van der Waals surface area contributed by atoms with Crippen molar-refractivity contribution in [2.45, 2.75) is 43.7 Å². The number of anilines is 1. The van der Waals surface area contributed by atoms with Gasteiger partial charge in [-0.1, -0.05) is 36.8 Å². The van der Waals surface area contributed by atoms with E-state index in [1.54, 1.807) is 24.0 Å². The lowest BCUT2D eigenvalue weighted by Gasteiger charge is -2.50. The van der Waals surface area contributed by atoms with E-state index in [4.69, 9.17) is 0 Å². The number of hydrogen-bond acceptors (Lipinski definition) is 5. The summed E-state index contributed by atoms with van der Waals surface area (Å²) < 4.78 is 1.58. The molecule has 6 rings (SSSR count). The van der Waals surface area contributed by atoms with Crippen LogP contribution in [0.2, 0.25) is 0 Å². The zero-order chi connectivity index (χ0) is 25.6. The summed E-state index contributed by atoms with van der Waals surface area (Å²) in [7, 11) is 1.76. The van der Waals surface area contributed by atoms with Gasteiger partial charge in [-0.3, -0.25) is 19.2 Å². The Bertz CT molecular complexity index is 1340. The van der Waals surface area contributed by atoms with Gasteiger partial charge in [-0.25, -0.2) is 0 Å². The van der Waals surface area contributed by atoms with Crippen LogP contribution in [0.3, 0.4) is 0 Å². The normalized spacial score (nSPS) is 19.2. The van der Waals surface area contributed by atoms with Crippen molar-refractivity contribution >= 4 is 17.5 Å². The van der Waals surface area contributed by atoms with Crippen LogP contribution in [-0.2, 0) is 25.4 Å². The molecule has 1 fully saturated rings. The minimum Gasteiger partial charge on any atom is -0.390 e. The molecule has 1 aliphatic carbocycles. The largest absolute Gasteiger partial charge is 0.390 e. The molecule has 2 aromatic carbocycles. The molecule has 37 heavy (non-hydrogen) atoms. The van der Waals surface area contributed by atoms with Crippen LogP contribution < -0.4 is 5.32 Å². The zero-order valence-corrected chi connectivity index (χ0v) is 21.2. The lowest BCUT2D eigenvalue weighted by molar-refractivity contribution is 0.0330. The maximum absolute atomic E-state index is 13.6. The second kappa shape index (κ2) is 9.43. The Morgan fingerprint density at radius 2 is 1.97 bits per heavy atom. The standard InChI is InChI=1S/C29H33N5O3/c1-32-15-22(14-30-32)27(36)31-23-7-8-26-25(13-23)28(37)34(19-29(26)10-4-11-29)18-24(35)17-33-12-9-20-5-2-3-6-21(20)16-33/h2-3,5-8,13-15,24,35H,4,9-12,16-19H2,1H3,(H,31,36). The Morgan fingerprint density at radius 3 is 2.70 bits per heavy atom. The number of carbonyl (C=O) groups is 2.